The zero-order chi connectivity index (χ0) is 26.3. The number of benzene rings is 1. The highest BCUT2D eigenvalue weighted by Crippen LogP contribution is 2.70. The number of carbonyl (C=O) groups excluding carboxylic acids is 2. The Balaban J connectivity index is 1.17. The number of ether oxygens (including phenoxy) is 1. The van der Waals surface area contributed by atoms with Gasteiger partial charge in [0.2, 0.25) is 0 Å². The topological polar surface area (TPSA) is 94.3 Å². The minimum atomic E-state index is -2.64. The average Bonchev–Trinajstić information content (AvgIpc) is 3.23. The van der Waals surface area contributed by atoms with Crippen molar-refractivity contribution in [3.8, 4) is 11.4 Å². The van der Waals surface area contributed by atoms with E-state index >= 15 is 0 Å². The number of piperazine rings is 1. The summed E-state index contributed by atoms with van der Waals surface area (Å²) in [6.45, 7) is 8.83. The van der Waals surface area contributed by atoms with Crippen LogP contribution in [0.2, 0.25) is 0 Å². The molecular formula is C27H31F2N5O3. The molecule has 1 saturated carbocycles. The maximum Gasteiger partial charge on any atom is 0.410 e. The first-order chi connectivity index (χ1) is 17.4. The van der Waals surface area contributed by atoms with Crippen LogP contribution in [0.15, 0.2) is 24.3 Å². The van der Waals surface area contributed by atoms with E-state index in [0.717, 1.165) is 27.9 Å². The van der Waals surface area contributed by atoms with Gasteiger partial charge < -0.3 is 19.5 Å². The van der Waals surface area contributed by atoms with Crippen molar-refractivity contribution < 1.29 is 23.1 Å². The number of fused-ring (bicyclic) bond motifs is 3. The van der Waals surface area contributed by atoms with Gasteiger partial charge in [-0.15, -0.1) is 0 Å². The maximum atomic E-state index is 14.3. The summed E-state index contributed by atoms with van der Waals surface area (Å²) in [4.78, 5) is 32.2. The summed E-state index contributed by atoms with van der Waals surface area (Å²) in [6.07, 6.45) is 0.239. The van der Waals surface area contributed by atoms with E-state index in [0.29, 0.717) is 50.3 Å². The number of aromatic nitrogens is 3. The molecule has 2 aromatic heterocycles. The lowest BCUT2D eigenvalue weighted by atomic mass is 9.87. The van der Waals surface area contributed by atoms with Crippen LogP contribution in [0.3, 0.4) is 0 Å². The van der Waals surface area contributed by atoms with Crippen molar-refractivity contribution in [3.05, 3.63) is 41.1 Å². The molecule has 0 bridgehead atoms. The van der Waals surface area contributed by atoms with Crippen molar-refractivity contribution in [1.29, 1.82) is 0 Å². The number of halogens is 2. The Labute approximate surface area is 213 Å². The second-order valence-corrected chi connectivity index (χ2v) is 11.7. The molecule has 2 amide bonds. The minimum absolute atomic E-state index is 0.0964. The molecule has 10 heteroatoms. The predicted octanol–water partition coefficient (Wildman–Crippen LogP) is 4.62. The quantitative estimate of drug-likeness (QED) is 0.525. The first kappa shape index (κ1) is 23.9. The SMILES string of the molecule is CC(C)(C)OC(=O)N1CCN(C(=O)c2ccc3[nH]c(-c4n[nH]c5c4C[C@@H]4C(F)(F)[C@]4(C)C5)cc3c2)CC1. The summed E-state index contributed by atoms with van der Waals surface area (Å²) in [6, 6.07) is 7.39. The van der Waals surface area contributed by atoms with E-state index < -0.39 is 22.9 Å². The Morgan fingerprint density at radius 2 is 1.81 bits per heavy atom. The standard InChI is InChI=1S/C27H31F2N5O3/c1-25(2,3)37-24(36)34-9-7-33(8-10-34)23(35)15-5-6-18-16(11-15)12-19(30-18)22-17-13-21-26(4,27(21,28)29)14-20(17)31-32-22/h5-6,11-12,21,30H,7-10,13-14H2,1-4H3,(H,31,32)/t21-,26+/m0/s1. The molecule has 2 N–H and O–H groups in total. The molecule has 2 fully saturated rings. The lowest BCUT2D eigenvalue weighted by molar-refractivity contribution is 0.0141. The highest BCUT2D eigenvalue weighted by molar-refractivity contribution is 5.99. The van der Waals surface area contributed by atoms with Crippen molar-refractivity contribution in [2.75, 3.05) is 26.2 Å². The number of alkyl halides is 2. The second kappa shape index (κ2) is 7.79. The van der Waals surface area contributed by atoms with Crippen molar-refractivity contribution in [2.45, 2.75) is 52.1 Å². The molecule has 2 atom stereocenters. The molecule has 0 spiro atoms. The van der Waals surface area contributed by atoms with Crippen LogP contribution in [0.4, 0.5) is 13.6 Å². The van der Waals surface area contributed by atoms with E-state index in [1.807, 2.05) is 39.0 Å². The van der Waals surface area contributed by atoms with Crippen LogP contribution in [0.5, 0.6) is 0 Å². The van der Waals surface area contributed by atoms with Crippen molar-refractivity contribution in [3.63, 3.8) is 0 Å². The third-order valence-electron chi connectivity index (χ3n) is 8.13. The van der Waals surface area contributed by atoms with Gasteiger partial charge in [0, 0.05) is 71.7 Å². The molecular weight excluding hydrogens is 480 g/mol. The van der Waals surface area contributed by atoms with Crippen LogP contribution in [-0.2, 0) is 17.6 Å². The van der Waals surface area contributed by atoms with Gasteiger partial charge in [0.25, 0.3) is 11.8 Å². The van der Waals surface area contributed by atoms with E-state index in [2.05, 4.69) is 15.2 Å². The highest BCUT2D eigenvalue weighted by Gasteiger charge is 2.78. The lowest BCUT2D eigenvalue weighted by Crippen LogP contribution is -2.51. The number of nitrogens with one attached hydrogen (secondary N) is 2. The molecule has 8 nitrogen and oxygen atoms in total. The molecule has 1 aromatic carbocycles. The molecule has 3 heterocycles. The summed E-state index contributed by atoms with van der Waals surface area (Å²) >= 11 is 0. The number of nitrogens with zero attached hydrogens (tertiary/aromatic N) is 3. The summed E-state index contributed by atoms with van der Waals surface area (Å²) in [7, 11) is 0. The van der Waals surface area contributed by atoms with E-state index in [1.165, 1.54) is 0 Å². The number of hydrogen-bond acceptors (Lipinski definition) is 4. The summed E-state index contributed by atoms with van der Waals surface area (Å²) in [5, 5.41) is 8.29. The summed E-state index contributed by atoms with van der Waals surface area (Å²) in [5.74, 6) is -3.38. The largest absolute Gasteiger partial charge is 0.444 e. The third-order valence-corrected chi connectivity index (χ3v) is 8.13. The van der Waals surface area contributed by atoms with Crippen molar-refractivity contribution in [2.24, 2.45) is 11.3 Å². The van der Waals surface area contributed by atoms with Crippen LogP contribution < -0.4 is 0 Å². The van der Waals surface area contributed by atoms with Gasteiger partial charge in [0.1, 0.15) is 11.3 Å². The van der Waals surface area contributed by atoms with E-state index in [1.54, 1.807) is 22.8 Å². The second-order valence-electron chi connectivity index (χ2n) is 11.7. The van der Waals surface area contributed by atoms with Crippen LogP contribution in [0.25, 0.3) is 22.3 Å². The molecule has 0 unspecified atom stereocenters. The monoisotopic (exact) mass is 511 g/mol. The maximum absolute atomic E-state index is 14.3. The molecule has 3 aromatic rings. The minimum Gasteiger partial charge on any atom is -0.444 e. The van der Waals surface area contributed by atoms with Crippen molar-refractivity contribution >= 4 is 22.9 Å². The van der Waals surface area contributed by atoms with Crippen LogP contribution in [-0.4, -0.2) is 74.7 Å². The molecule has 2 aliphatic carbocycles. The van der Waals surface area contributed by atoms with Crippen LogP contribution in [0.1, 0.15) is 49.3 Å². The Morgan fingerprint density at radius 3 is 2.51 bits per heavy atom. The zero-order valence-electron chi connectivity index (χ0n) is 21.5. The van der Waals surface area contributed by atoms with Gasteiger partial charge in [-0.25, -0.2) is 13.6 Å². The number of rotatable bonds is 2. The third kappa shape index (κ3) is 3.79. The normalized spacial score (nSPS) is 24.5. The Hall–Kier alpha value is -3.43. The molecule has 3 aliphatic rings. The molecule has 37 heavy (non-hydrogen) atoms. The average molecular weight is 512 g/mol. The number of amides is 2. The first-order valence-corrected chi connectivity index (χ1v) is 12.7. The number of hydrogen-bond donors (Lipinski definition) is 2. The Kier molecular flexibility index (Phi) is 5.04. The number of carbonyl (C=O) groups is 2. The fraction of sp³-hybridized carbons (Fsp3) is 0.519. The highest BCUT2D eigenvalue weighted by atomic mass is 19.3. The van der Waals surface area contributed by atoms with Crippen molar-refractivity contribution in [1.82, 2.24) is 25.0 Å². The van der Waals surface area contributed by atoms with E-state index in [-0.39, 0.29) is 12.0 Å². The lowest BCUT2D eigenvalue weighted by Gasteiger charge is -2.35. The van der Waals surface area contributed by atoms with Crippen LogP contribution in [0, 0.1) is 11.3 Å². The number of H-pyrrole nitrogens is 2. The van der Waals surface area contributed by atoms with Gasteiger partial charge in [-0.2, -0.15) is 5.10 Å². The smallest absolute Gasteiger partial charge is 0.410 e. The van der Waals surface area contributed by atoms with E-state index in [4.69, 9.17) is 4.74 Å². The van der Waals surface area contributed by atoms with Gasteiger partial charge in [-0.3, -0.25) is 9.89 Å². The molecule has 0 radical (unpaired) electrons. The van der Waals surface area contributed by atoms with Gasteiger partial charge >= 0.3 is 6.09 Å². The number of aromatic amines is 2. The molecule has 196 valence electrons. The molecule has 1 saturated heterocycles. The van der Waals surface area contributed by atoms with Gasteiger partial charge in [0.15, 0.2) is 0 Å². The Bertz CT molecular complexity index is 1410. The Morgan fingerprint density at radius 1 is 1.11 bits per heavy atom. The summed E-state index contributed by atoms with van der Waals surface area (Å²) < 4.78 is 34.1. The predicted molar refractivity (Wildman–Crippen MR) is 134 cm³/mol. The van der Waals surface area contributed by atoms with Crippen LogP contribution >= 0.6 is 0 Å². The van der Waals surface area contributed by atoms with Gasteiger partial charge in [0.05, 0.1) is 5.69 Å². The fourth-order valence-corrected chi connectivity index (χ4v) is 5.82. The summed E-state index contributed by atoms with van der Waals surface area (Å²) in [5.41, 5.74) is 2.91. The zero-order valence-corrected chi connectivity index (χ0v) is 21.5. The van der Waals surface area contributed by atoms with Gasteiger partial charge in [-0.1, -0.05) is 6.92 Å². The van der Waals surface area contributed by atoms with E-state index in [9.17, 15) is 18.4 Å². The fourth-order valence-electron chi connectivity index (χ4n) is 5.82. The molecule has 1 aliphatic heterocycles. The molecule has 6 rings (SSSR count). The van der Waals surface area contributed by atoms with Gasteiger partial charge in [-0.05, 0) is 51.5 Å². The first-order valence-electron chi connectivity index (χ1n) is 12.7.